The summed E-state index contributed by atoms with van der Waals surface area (Å²) in [5.41, 5.74) is 2.37. The predicted octanol–water partition coefficient (Wildman–Crippen LogP) is 7.59. The lowest BCUT2D eigenvalue weighted by atomic mass is 9.88. The minimum absolute atomic E-state index is 0.118. The molecule has 0 amide bonds. The van der Waals surface area contributed by atoms with Gasteiger partial charge in [0.2, 0.25) is 12.1 Å². The number of carboxylic acids is 2. The molecule has 1 N–H and O–H groups in total. The number of nitrogens with zero attached hydrogens (tertiary/aromatic N) is 2. The third-order valence-corrected chi connectivity index (χ3v) is 9.91. The smallest absolute Gasteiger partial charge is 0.370 e. The van der Waals surface area contributed by atoms with Crippen molar-refractivity contribution in [1.29, 1.82) is 0 Å². The molecule has 0 saturated carbocycles. The number of allylic oxidation sites excluding steroid dienone is 6. The van der Waals surface area contributed by atoms with E-state index in [1.54, 1.807) is 16.2 Å². The van der Waals surface area contributed by atoms with E-state index < -0.39 is 11.9 Å². The molecule has 228 valence electrons. The van der Waals surface area contributed by atoms with Crippen molar-refractivity contribution in [2.75, 3.05) is 11.4 Å². The fourth-order valence-electron chi connectivity index (χ4n) is 4.48. The van der Waals surface area contributed by atoms with E-state index in [1.807, 2.05) is 102 Å². The standard InChI is InChI=1S/C29H22N2O4S2.C7H16/c32-27(33)18-30-22-12-8-9-13-23(22)36-25(30)14-4-2-1-3-5-15-26-31(19-28(34)35)29-21-11-7-6-10-20(21)16-17-24(29)37-26;1-5-7(3,4)6-2/h1-17H,18-19H2,(H-,32,33,34,35);5-6H2,1-4H3. The molecule has 1 aliphatic heterocycles. The van der Waals surface area contributed by atoms with Crippen LogP contribution < -0.4 is 14.6 Å². The zero-order valence-corrected chi connectivity index (χ0v) is 27.2. The van der Waals surface area contributed by atoms with Gasteiger partial charge in [-0.05, 0) is 41.1 Å². The van der Waals surface area contributed by atoms with E-state index in [0.717, 1.165) is 41.6 Å². The topological polar surface area (TPSA) is 84.5 Å². The summed E-state index contributed by atoms with van der Waals surface area (Å²) in [6.45, 7) is 8.75. The number of anilines is 1. The van der Waals surface area contributed by atoms with Crippen LogP contribution in [-0.4, -0.2) is 23.6 Å². The summed E-state index contributed by atoms with van der Waals surface area (Å²) in [5, 5.41) is 24.5. The number of thioether (sulfide) groups is 1. The van der Waals surface area contributed by atoms with Gasteiger partial charge in [0.15, 0.2) is 0 Å². The number of rotatable bonds is 10. The highest BCUT2D eigenvalue weighted by atomic mass is 32.2. The monoisotopic (exact) mass is 626 g/mol. The highest BCUT2D eigenvalue weighted by Gasteiger charge is 2.25. The average Bonchev–Trinajstić information content (AvgIpc) is 3.53. The first kappa shape index (κ1) is 32.8. The number of carboxylic acid groups (broad SMARTS) is 2. The molecule has 0 unspecified atom stereocenters. The molecule has 8 heteroatoms. The van der Waals surface area contributed by atoms with Gasteiger partial charge in [0.1, 0.15) is 4.70 Å². The maximum Gasteiger partial charge on any atom is 0.370 e. The summed E-state index contributed by atoms with van der Waals surface area (Å²) in [7, 11) is 0. The Morgan fingerprint density at radius 1 is 0.932 bits per heavy atom. The quantitative estimate of drug-likeness (QED) is 0.144. The van der Waals surface area contributed by atoms with Crippen LogP contribution in [0.1, 0.15) is 45.5 Å². The second kappa shape index (κ2) is 15.0. The van der Waals surface area contributed by atoms with E-state index in [0.29, 0.717) is 5.41 Å². The van der Waals surface area contributed by atoms with E-state index in [1.165, 1.54) is 24.6 Å². The minimum Gasteiger partial charge on any atom is -0.548 e. The third kappa shape index (κ3) is 8.27. The second-order valence-electron chi connectivity index (χ2n) is 11.1. The lowest BCUT2D eigenvalue weighted by Crippen LogP contribution is -2.39. The van der Waals surface area contributed by atoms with E-state index in [2.05, 4.69) is 33.8 Å². The Bertz CT molecular complexity index is 1760. The van der Waals surface area contributed by atoms with Crippen LogP contribution in [0, 0.1) is 5.41 Å². The summed E-state index contributed by atoms with van der Waals surface area (Å²) in [6.07, 6.45) is 15.7. The normalized spacial score (nSPS) is 14.3. The first-order valence-electron chi connectivity index (χ1n) is 14.7. The summed E-state index contributed by atoms with van der Waals surface area (Å²) < 4.78 is 2.88. The highest BCUT2D eigenvalue weighted by molar-refractivity contribution is 8.03. The number of carbonyl (C=O) groups is 2. The van der Waals surface area contributed by atoms with Crippen molar-refractivity contribution in [3.8, 4) is 0 Å². The summed E-state index contributed by atoms with van der Waals surface area (Å²) >= 11 is 3.07. The van der Waals surface area contributed by atoms with Crippen molar-refractivity contribution in [1.82, 2.24) is 0 Å². The van der Waals surface area contributed by atoms with Crippen LogP contribution in [-0.2, 0) is 16.1 Å². The summed E-state index contributed by atoms with van der Waals surface area (Å²) in [5.74, 6) is -2.02. The summed E-state index contributed by atoms with van der Waals surface area (Å²) in [6, 6.07) is 19.7. The molecule has 0 saturated heterocycles. The molecule has 0 bridgehead atoms. The molecular formula is C36H38N2O4S2. The molecular weight excluding hydrogens is 589 g/mol. The Hall–Kier alpha value is -4.14. The van der Waals surface area contributed by atoms with Gasteiger partial charge in [-0.25, -0.2) is 4.79 Å². The Labute approximate surface area is 267 Å². The lowest BCUT2D eigenvalue weighted by molar-refractivity contribution is -0.656. The van der Waals surface area contributed by atoms with Gasteiger partial charge in [-0.3, -0.25) is 0 Å². The van der Waals surface area contributed by atoms with Crippen molar-refractivity contribution in [2.24, 2.45) is 5.41 Å². The number of hydrogen-bond donors (Lipinski definition) is 1. The molecule has 0 spiro atoms. The molecule has 6 nitrogen and oxygen atoms in total. The van der Waals surface area contributed by atoms with E-state index in [-0.39, 0.29) is 13.1 Å². The first-order chi connectivity index (χ1) is 21.1. The van der Waals surface area contributed by atoms with Crippen molar-refractivity contribution >= 4 is 67.8 Å². The van der Waals surface area contributed by atoms with Gasteiger partial charge >= 0.3 is 5.97 Å². The molecule has 1 aliphatic rings. The van der Waals surface area contributed by atoms with Gasteiger partial charge < -0.3 is 19.9 Å². The number of carbonyl (C=O) groups excluding carboxylic acids is 1. The summed E-state index contributed by atoms with van der Waals surface area (Å²) in [4.78, 5) is 25.6. The molecule has 3 aromatic carbocycles. The second-order valence-corrected chi connectivity index (χ2v) is 13.2. The van der Waals surface area contributed by atoms with E-state index in [4.69, 9.17) is 0 Å². The largest absolute Gasteiger partial charge is 0.548 e. The Morgan fingerprint density at radius 2 is 1.61 bits per heavy atom. The maximum absolute atomic E-state index is 11.6. The number of para-hydroxylation sites is 1. The van der Waals surface area contributed by atoms with Crippen LogP contribution in [0.15, 0.2) is 107 Å². The Kier molecular flexibility index (Phi) is 11.2. The van der Waals surface area contributed by atoms with Crippen LogP contribution in [0.25, 0.3) is 27.1 Å². The van der Waals surface area contributed by atoms with Gasteiger partial charge in [0.25, 0.3) is 5.01 Å². The van der Waals surface area contributed by atoms with Gasteiger partial charge in [0, 0.05) is 11.0 Å². The zero-order valence-electron chi connectivity index (χ0n) is 25.5. The van der Waals surface area contributed by atoms with Gasteiger partial charge in [-0.1, -0.05) is 130 Å². The number of aliphatic carboxylic acids is 2. The maximum atomic E-state index is 11.6. The van der Waals surface area contributed by atoms with Gasteiger partial charge in [-0.15, -0.1) is 0 Å². The van der Waals surface area contributed by atoms with Gasteiger partial charge in [-0.2, -0.15) is 4.57 Å². The van der Waals surface area contributed by atoms with Crippen molar-refractivity contribution in [3.05, 3.63) is 107 Å². The SMILES string of the molecule is CCC(C)(C)CC.O=C([O-])CN1C(=CC=CC=CC=Cc2sc3ccc4ccccc4c3[n+]2CC(=O)O)Sc2ccccc21. The number of benzene rings is 3. The minimum atomic E-state index is -1.13. The Morgan fingerprint density at radius 3 is 2.32 bits per heavy atom. The number of aromatic nitrogens is 1. The van der Waals surface area contributed by atoms with Crippen LogP contribution in [0.5, 0.6) is 0 Å². The van der Waals surface area contributed by atoms with Crippen LogP contribution in [0.3, 0.4) is 0 Å². The molecule has 5 rings (SSSR count). The lowest BCUT2D eigenvalue weighted by Gasteiger charge is -2.20. The molecule has 0 atom stereocenters. The molecule has 0 fully saturated rings. The molecule has 44 heavy (non-hydrogen) atoms. The third-order valence-electron chi connectivity index (χ3n) is 7.67. The molecule has 0 aliphatic carbocycles. The Balaban J connectivity index is 0.000000566. The van der Waals surface area contributed by atoms with E-state index >= 15 is 0 Å². The van der Waals surface area contributed by atoms with Crippen LogP contribution >= 0.6 is 23.1 Å². The molecule has 4 aromatic rings. The number of hydrogen-bond acceptors (Lipinski definition) is 6. The molecule has 0 radical (unpaired) electrons. The van der Waals surface area contributed by atoms with Gasteiger partial charge in [0.05, 0.1) is 28.6 Å². The molecule has 1 aromatic heterocycles. The van der Waals surface area contributed by atoms with Crippen LogP contribution in [0.2, 0.25) is 0 Å². The van der Waals surface area contributed by atoms with Crippen molar-refractivity contribution in [3.63, 3.8) is 0 Å². The van der Waals surface area contributed by atoms with Crippen LogP contribution in [0.4, 0.5) is 5.69 Å². The fourth-order valence-corrected chi connectivity index (χ4v) is 6.64. The predicted molar refractivity (Wildman–Crippen MR) is 182 cm³/mol. The first-order valence-corrected chi connectivity index (χ1v) is 16.3. The fraction of sp³-hybridized carbons (Fsp3) is 0.250. The average molecular weight is 627 g/mol. The number of thiazole rings is 1. The van der Waals surface area contributed by atoms with E-state index in [9.17, 15) is 19.8 Å². The zero-order chi connectivity index (χ0) is 31.7. The highest BCUT2D eigenvalue weighted by Crippen LogP contribution is 2.45. The van der Waals surface area contributed by atoms with Crippen molar-refractivity contribution < 1.29 is 24.4 Å². The molecule has 2 heterocycles. The van der Waals surface area contributed by atoms with Crippen molar-refractivity contribution in [2.45, 2.75) is 52.0 Å². The number of fused-ring (bicyclic) bond motifs is 4.